The summed E-state index contributed by atoms with van der Waals surface area (Å²) in [5.41, 5.74) is -0.215. The van der Waals surface area contributed by atoms with Gasteiger partial charge in [0.15, 0.2) is 5.57 Å². The number of carbonyl (C=O) groups is 1. The molecule has 1 aromatic rings. The highest BCUT2D eigenvalue weighted by atomic mass is 16.6. The van der Waals surface area contributed by atoms with Crippen molar-refractivity contribution >= 4 is 5.97 Å². The van der Waals surface area contributed by atoms with Gasteiger partial charge in [0.1, 0.15) is 12.3 Å². The van der Waals surface area contributed by atoms with Crippen LogP contribution in [0.3, 0.4) is 0 Å². The van der Waals surface area contributed by atoms with Crippen LogP contribution in [-0.2, 0) is 9.53 Å². The first-order valence-corrected chi connectivity index (χ1v) is 4.25. The zero-order valence-corrected chi connectivity index (χ0v) is 8.10. The minimum atomic E-state index is -0.716. The van der Waals surface area contributed by atoms with E-state index in [0.717, 1.165) is 6.26 Å². The highest BCUT2D eigenvalue weighted by Gasteiger charge is 2.10. The van der Waals surface area contributed by atoms with Crippen molar-refractivity contribution in [2.75, 3.05) is 6.61 Å². The van der Waals surface area contributed by atoms with E-state index >= 15 is 0 Å². The van der Waals surface area contributed by atoms with E-state index in [9.17, 15) is 4.79 Å². The maximum Gasteiger partial charge on any atom is 0.352 e. The summed E-state index contributed by atoms with van der Waals surface area (Å²) in [7, 11) is 0. The minimum absolute atomic E-state index is 0.201. The van der Waals surface area contributed by atoms with E-state index in [0.29, 0.717) is 0 Å². The molecule has 0 aromatic carbocycles. The predicted molar refractivity (Wildman–Crippen MR) is 49.7 cm³/mol. The zero-order chi connectivity index (χ0) is 11.1. The quantitative estimate of drug-likeness (QED) is 0.324. The van der Waals surface area contributed by atoms with Crippen LogP contribution in [-0.4, -0.2) is 12.6 Å². The van der Waals surface area contributed by atoms with Crippen LogP contribution < -0.4 is 4.74 Å². The summed E-state index contributed by atoms with van der Waals surface area (Å²) in [6, 6.07) is 4.85. The van der Waals surface area contributed by atoms with Gasteiger partial charge in [0, 0.05) is 6.07 Å². The van der Waals surface area contributed by atoms with Crippen molar-refractivity contribution in [3.05, 3.63) is 30.2 Å². The fourth-order valence-corrected chi connectivity index (χ4v) is 0.776. The molecule has 0 unspecified atom stereocenters. The Balaban J connectivity index is 2.63. The van der Waals surface area contributed by atoms with Crippen molar-refractivity contribution in [3.63, 3.8) is 0 Å². The van der Waals surface area contributed by atoms with Gasteiger partial charge in [-0.3, -0.25) is 0 Å². The third-order valence-corrected chi connectivity index (χ3v) is 1.40. The molecule has 5 nitrogen and oxygen atoms in total. The number of rotatable bonds is 4. The van der Waals surface area contributed by atoms with Gasteiger partial charge in [0.25, 0.3) is 5.95 Å². The first kappa shape index (κ1) is 10.9. The highest BCUT2D eigenvalue weighted by molar-refractivity contribution is 5.92. The fourth-order valence-electron chi connectivity index (χ4n) is 0.776. The maximum atomic E-state index is 11.1. The number of nitrogens with zero attached hydrogens (tertiary/aromatic N) is 1. The molecular formula is C10H9NO4. The van der Waals surface area contributed by atoms with Gasteiger partial charge in [-0.25, -0.2) is 4.79 Å². The summed E-state index contributed by atoms with van der Waals surface area (Å²) in [6.45, 7) is 1.86. The molecule has 78 valence electrons. The van der Waals surface area contributed by atoms with E-state index in [-0.39, 0.29) is 18.1 Å². The molecule has 0 aliphatic carbocycles. The molecule has 0 aliphatic rings. The van der Waals surface area contributed by atoms with Gasteiger partial charge >= 0.3 is 5.97 Å². The normalized spacial score (nSPS) is 10.5. The lowest BCUT2D eigenvalue weighted by Gasteiger charge is -1.99. The molecule has 0 atom stereocenters. The van der Waals surface area contributed by atoms with Gasteiger partial charge in [-0.05, 0) is 13.0 Å². The van der Waals surface area contributed by atoms with E-state index < -0.39 is 5.97 Å². The van der Waals surface area contributed by atoms with Crippen molar-refractivity contribution in [1.82, 2.24) is 0 Å². The molecule has 15 heavy (non-hydrogen) atoms. The molecule has 0 aliphatic heterocycles. The van der Waals surface area contributed by atoms with Gasteiger partial charge in [-0.2, -0.15) is 5.26 Å². The monoisotopic (exact) mass is 207 g/mol. The highest BCUT2D eigenvalue weighted by Crippen LogP contribution is 2.11. The molecule has 0 bridgehead atoms. The third-order valence-electron chi connectivity index (χ3n) is 1.40. The SMILES string of the molecule is CCOC(=O)C(C#N)=COc1ccco1. The summed E-state index contributed by atoms with van der Waals surface area (Å²) in [4.78, 5) is 11.1. The van der Waals surface area contributed by atoms with Gasteiger partial charge in [-0.1, -0.05) is 0 Å². The first-order valence-electron chi connectivity index (χ1n) is 4.25. The van der Waals surface area contributed by atoms with Crippen molar-refractivity contribution in [2.24, 2.45) is 0 Å². The van der Waals surface area contributed by atoms with Crippen LogP contribution in [0.5, 0.6) is 5.95 Å². The molecular weight excluding hydrogens is 198 g/mol. The molecule has 0 saturated carbocycles. The number of hydrogen-bond donors (Lipinski definition) is 0. The average Bonchev–Trinajstić information content (AvgIpc) is 2.72. The standard InChI is InChI=1S/C10H9NO4/c1-2-13-10(12)8(6-11)7-15-9-4-3-5-14-9/h3-5,7H,2H2,1H3. The fraction of sp³-hybridized carbons (Fsp3) is 0.200. The lowest BCUT2D eigenvalue weighted by atomic mass is 10.3. The Kier molecular flexibility index (Phi) is 3.98. The van der Waals surface area contributed by atoms with Crippen molar-refractivity contribution in [3.8, 4) is 12.0 Å². The smallest absolute Gasteiger partial charge is 0.352 e. The van der Waals surface area contributed by atoms with Gasteiger partial charge < -0.3 is 13.9 Å². The number of furan rings is 1. The van der Waals surface area contributed by atoms with E-state index in [2.05, 4.69) is 4.74 Å². The van der Waals surface area contributed by atoms with Crippen LogP contribution in [0.2, 0.25) is 0 Å². The van der Waals surface area contributed by atoms with Crippen molar-refractivity contribution < 1.29 is 18.7 Å². The Morgan fingerprint density at radius 1 is 1.73 bits per heavy atom. The van der Waals surface area contributed by atoms with E-state index in [1.807, 2.05) is 0 Å². The molecule has 0 radical (unpaired) electrons. The Bertz CT molecular complexity index is 386. The number of esters is 1. The average molecular weight is 207 g/mol. The van der Waals surface area contributed by atoms with E-state index in [4.69, 9.17) is 14.4 Å². The summed E-state index contributed by atoms with van der Waals surface area (Å²) in [5.74, 6) is -0.515. The molecule has 0 amide bonds. The minimum Gasteiger partial charge on any atom is -0.462 e. The number of carbonyl (C=O) groups excluding carboxylic acids is 1. The predicted octanol–water partition coefficient (Wildman–Crippen LogP) is 1.63. The Morgan fingerprint density at radius 3 is 3.07 bits per heavy atom. The molecule has 0 N–H and O–H groups in total. The Labute approximate surface area is 86.5 Å². The number of hydrogen-bond acceptors (Lipinski definition) is 5. The van der Waals surface area contributed by atoms with Crippen LogP contribution in [0, 0.1) is 11.3 Å². The lowest BCUT2D eigenvalue weighted by molar-refractivity contribution is -0.138. The summed E-state index contributed by atoms with van der Waals surface area (Å²) >= 11 is 0. The van der Waals surface area contributed by atoms with Crippen LogP contribution in [0.4, 0.5) is 0 Å². The molecule has 1 heterocycles. The van der Waals surface area contributed by atoms with Crippen LogP contribution >= 0.6 is 0 Å². The van der Waals surface area contributed by atoms with E-state index in [1.54, 1.807) is 25.1 Å². The molecule has 5 heteroatoms. The second-order valence-corrected chi connectivity index (χ2v) is 2.41. The van der Waals surface area contributed by atoms with Gasteiger partial charge in [0.05, 0.1) is 12.9 Å². The largest absolute Gasteiger partial charge is 0.462 e. The molecule has 0 saturated heterocycles. The summed E-state index contributed by atoms with van der Waals surface area (Å²) in [6.07, 6.45) is 2.41. The number of ether oxygens (including phenoxy) is 2. The van der Waals surface area contributed by atoms with Crippen LogP contribution in [0.25, 0.3) is 0 Å². The number of nitriles is 1. The molecule has 1 aromatic heterocycles. The maximum absolute atomic E-state index is 11.1. The topological polar surface area (TPSA) is 72.5 Å². The Hall–Kier alpha value is -2.22. The van der Waals surface area contributed by atoms with Crippen molar-refractivity contribution in [2.45, 2.75) is 6.92 Å². The summed E-state index contributed by atoms with van der Waals surface area (Å²) < 4.78 is 14.4. The zero-order valence-electron chi connectivity index (χ0n) is 8.10. The van der Waals surface area contributed by atoms with Gasteiger partial charge in [0.2, 0.25) is 0 Å². The van der Waals surface area contributed by atoms with E-state index in [1.165, 1.54) is 6.26 Å². The van der Waals surface area contributed by atoms with Crippen LogP contribution in [0.15, 0.2) is 34.6 Å². The van der Waals surface area contributed by atoms with Crippen molar-refractivity contribution in [1.29, 1.82) is 5.26 Å². The second kappa shape index (κ2) is 5.50. The van der Waals surface area contributed by atoms with Crippen LogP contribution in [0.1, 0.15) is 6.92 Å². The second-order valence-electron chi connectivity index (χ2n) is 2.41. The first-order chi connectivity index (χ1) is 7.27. The molecule has 0 fully saturated rings. The third kappa shape index (κ3) is 3.19. The lowest BCUT2D eigenvalue weighted by Crippen LogP contribution is -2.07. The Morgan fingerprint density at radius 2 is 2.53 bits per heavy atom. The molecule has 1 rings (SSSR count). The van der Waals surface area contributed by atoms with Gasteiger partial charge in [-0.15, -0.1) is 0 Å². The summed E-state index contributed by atoms with van der Waals surface area (Å²) in [5, 5.41) is 8.62. The molecule has 0 spiro atoms.